The summed E-state index contributed by atoms with van der Waals surface area (Å²) in [5, 5.41) is 6.92. The van der Waals surface area contributed by atoms with Gasteiger partial charge in [-0.2, -0.15) is 5.10 Å². The number of ether oxygens (including phenoxy) is 2. The second kappa shape index (κ2) is 13.8. The fourth-order valence-electron chi connectivity index (χ4n) is 4.52. The van der Waals surface area contributed by atoms with Crippen LogP contribution in [-0.2, 0) is 4.79 Å². The van der Waals surface area contributed by atoms with Crippen molar-refractivity contribution in [3.63, 3.8) is 0 Å². The first-order chi connectivity index (χ1) is 20.9. The topological polar surface area (TPSA) is 93.9 Å². The first kappa shape index (κ1) is 29.6. The largest absolute Gasteiger partial charge is 0.493 e. The molecule has 0 unspecified atom stereocenters. The number of rotatable bonds is 10. The van der Waals surface area contributed by atoms with E-state index in [-0.39, 0.29) is 18.4 Å². The van der Waals surface area contributed by atoms with Crippen molar-refractivity contribution in [3.05, 3.63) is 130 Å². The molecule has 1 heterocycles. The van der Waals surface area contributed by atoms with Crippen molar-refractivity contribution in [2.75, 3.05) is 19.0 Å². The maximum Gasteiger partial charge on any atom is 0.271 e. The first-order valence-corrected chi connectivity index (χ1v) is 14.5. The number of hydrogen-bond acceptors (Lipinski definition) is 5. The summed E-state index contributed by atoms with van der Waals surface area (Å²) in [6, 6.07) is 34.5. The molecule has 0 saturated heterocycles. The highest BCUT2D eigenvalue weighted by Crippen LogP contribution is 2.33. The van der Waals surface area contributed by atoms with Crippen molar-refractivity contribution in [1.29, 1.82) is 0 Å². The highest BCUT2D eigenvalue weighted by Gasteiger charge is 2.14. The lowest BCUT2D eigenvalue weighted by molar-refractivity contribution is -0.118. The minimum atomic E-state index is -0.332. The van der Waals surface area contributed by atoms with Gasteiger partial charge in [-0.1, -0.05) is 48.5 Å². The van der Waals surface area contributed by atoms with Crippen molar-refractivity contribution >= 4 is 46.3 Å². The first-order valence-electron chi connectivity index (χ1n) is 13.5. The van der Waals surface area contributed by atoms with E-state index >= 15 is 0 Å². The number of hydrogen-bond donors (Lipinski definition) is 2. The number of benzene rings is 4. The van der Waals surface area contributed by atoms with Crippen LogP contribution in [0.15, 0.2) is 114 Å². The Morgan fingerprint density at radius 3 is 2.30 bits per heavy atom. The number of nitrogens with one attached hydrogen (secondary N) is 2. The highest BCUT2D eigenvalue weighted by atomic mass is 127. The summed E-state index contributed by atoms with van der Waals surface area (Å²) in [4.78, 5) is 25.1. The molecule has 0 fully saturated rings. The Hall–Kier alpha value is -4.90. The van der Waals surface area contributed by atoms with Crippen LogP contribution in [0.25, 0.3) is 16.9 Å². The van der Waals surface area contributed by atoms with Crippen LogP contribution in [0.1, 0.15) is 21.6 Å². The molecule has 2 amide bonds. The van der Waals surface area contributed by atoms with Crippen LogP contribution in [0.5, 0.6) is 11.5 Å². The molecule has 5 rings (SSSR count). The molecule has 2 N–H and O–H groups in total. The molecule has 0 aliphatic rings. The van der Waals surface area contributed by atoms with Gasteiger partial charge in [0.05, 0.1) is 22.6 Å². The predicted octanol–water partition coefficient (Wildman–Crippen LogP) is 6.85. The summed E-state index contributed by atoms with van der Waals surface area (Å²) in [5.41, 5.74) is 8.70. The van der Waals surface area contributed by atoms with Crippen LogP contribution >= 0.6 is 22.6 Å². The molecule has 5 aromatic rings. The molecule has 43 heavy (non-hydrogen) atoms. The molecule has 1 aromatic heterocycles. The molecule has 216 valence electrons. The minimum Gasteiger partial charge on any atom is -0.493 e. The van der Waals surface area contributed by atoms with Gasteiger partial charge in [0, 0.05) is 22.6 Å². The number of hydrazone groups is 1. The van der Waals surface area contributed by atoms with E-state index in [0.717, 1.165) is 26.2 Å². The van der Waals surface area contributed by atoms with Gasteiger partial charge < -0.3 is 19.4 Å². The number of nitrogens with zero attached hydrogens (tertiary/aromatic N) is 2. The zero-order valence-electron chi connectivity index (χ0n) is 23.6. The number of para-hydroxylation sites is 1. The van der Waals surface area contributed by atoms with E-state index in [0.29, 0.717) is 28.3 Å². The Morgan fingerprint density at radius 1 is 0.907 bits per heavy atom. The van der Waals surface area contributed by atoms with Crippen molar-refractivity contribution in [1.82, 2.24) is 9.99 Å². The average molecular weight is 685 g/mol. The number of amides is 2. The van der Waals surface area contributed by atoms with Gasteiger partial charge in [-0.15, -0.1) is 0 Å². The van der Waals surface area contributed by atoms with Crippen molar-refractivity contribution in [3.8, 4) is 28.4 Å². The normalized spacial score (nSPS) is 10.9. The molecule has 4 aromatic carbocycles. The second-order valence-electron chi connectivity index (χ2n) is 9.54. The van der Waals surface area contributed by atoms with Gasteiger partial charge in [-0.05, 0) is 101 Å². The molecular formula is C34H29IN4O4. The van der Waals surface area contributed by atoms with Crippen molar-refractivity contribution in [2.45, 2.75) is 6.92 Å². The summed E-state index contributed by atoms with van der Waals surface area (Å²) < 4.78 is 14.1. The summed E-state index contributed by atoms with van der Waals surface area (Å²) in [6.07, 6.45) is 1.53. The predicted molar refractivity (Wildman–Crippen MR) is 177 cm³/mol. The van der Waals surface area contributed by atoms with Crippen LogP contribution in [0, 0.1) is 10.5 Å². The third-order valence-electron chi connectivity index (χ3n) is 6.57. The van der Waals surface area contributed by atoms with Crippen LogP contribution < -0.4 is 20.2 Å². The second-order valence-corrected chi connectivity index (χ2v) is 10.7. The van der Waals surface area contributed by atoms with E-state index in [2.05, 4.69) is 74.2 Å². The third-order valence-corrected chi connectivity index (χ3v) is 7.37. The van der Waals surface area contributed by atoms with Gasteiger partial charge in [-0.3, -0.25) is 9.59 Å². The molecule has 9 heteroatoms. The number of anilines is 1. The lowest BCUT2D eigenvalue weighted by atomic mass is 10.1. The molecule has 8 nitrogen and oxygen atoms in total. The number of carbonyl (C=O) groups excluding carboxylic acids is 2. The Labute approximate surface area is 263 Å². The summed E-state index contributed by atoms with van der Waals surface area (Å²) in [5.74, 6) is 0.269. The van der Waals surface area contributed by atoms with Crippen LogP contribution in [-0.4, -0.2) is 36.3 Å². The number of methoxy groups -OCH3 is 1. The monoisotopic (exact) mass is 684 g/mol. The van der Waals surface area contributed by atoms with Gasteiger partial charge >= 0.3 is 0 Å². The molecule has 0 bridgehead atoms. The zero-order chi connectivity index (χ0) is 30.2. The Morgan fingerprint density at radius 2 is 1.60 bits per heavy atom. The zero-order valence-corrected chi connectivity index (χ0v) is 25.7. The summed E-state index contributed by atoms with van der Waals surface area (Å²) >= 11 is 2.11. The SMILES string of the molecule is COc1cc(/C=N/NC(=O)c2ccc(-n3c(C)ccc3-c3ccccc3)cc2)cc(I)c1OCC(=O)Nc1ccccc1. The van der Waals surface area contributed by atoms with E-state index in [1.54, 1.807) is 30.3 Å². The molecule has 0 spiro atoms. The fraction of sp³-hybridized carbons (Fsp3) is 0.0882. The average Bonchev–Trinajstić information content (AvgIpc) is 3.42. The standard InChI is InChI=1S/C34H29IN4O4/c1-23-13-18-30(25-9-5-3-6-10-25)39(23)28-16-14-26(15-17-28)34(41)38-36-21-24-19-29(35)33(31(20-24)42-2)43-22-32(40)37-27-11-7-4-8-12-27/h3-21H,22H2,1-2H3,(H,37,40)(H,38,41)/b36-21+. The van der Waals surface area contributed by atoms with Gasteiger partial charge in [0.15, 0.2) is 18.1 Å². The van der Waals surface area contributed by atoms with Gasteiger partial charge in [0.1, 0.15) is 0 Å². The van der Waals surface area contributed by atoms with E-state index in [1.165, 1.54) is 13.3 Å². The number of halogens is 1. The molecule has 0 radical (unpaired) electrons. The highest BCUT2D eigenvalue weighted by molar-refractivity contribution is 14.1. The van der Waals surface area contributed by atoms with Gasteiger partial charge in [0.2, 0.25) is 0 Å². The Balaban J connectivity index is 1.21. The quantitative estimate of drug-likeness (QED) is 0.0957. The van der Waals surface area contributed by atoms with E-state index in [9.17, 15) is 9.59 Å². The maximum atomic E-state index is 12.8. The van der Waals surface area contributed by atoms with Gasteiger partial charge in [0.25, 0.3) is 11.8 Å². The summed E-state index contributed by atoms with van der Waals surface area (Å²) in [6.45, 7) is 1.88. The smallest absolute Gasteiger partial charge is 0.271 e. The lowest BCUT2D eigenvalue weighted by Gasteiger charge is -2.13. The molecular weight excluding hydrogens is 655 g/mol. The van der Waals surface area contributed by atoms with Gasteiger partial charge in [-0.25, -0.2) is 5.43 Å². The van der Waals surface area contributed by atoms with Crippen LogP contribution in [0.4, 0.5) is 5.69 Å². The fourth-order valence-corrected chi connectivity index (χ4v) is 5.30. The van der Waals surface area contributed by atoms with E-state index in [1.807, 2.05) is 54.6 Å². The van der Waals surface area contributed by atoms with E-state index in [4.69, 9.17) is 9.47 Å². The number of carbonyl (C=O) groups is 2. The minimum absolute atomic E-state index is 0.180. The molecule has 0 aliphatic heterocycles. The van der Waals surface area contributed by atoms with Crippen molar-refractivity contribution < 1.29 is 19.1 Å². The molecule has 0 atom stereocenters. The van der Waals surface area contributed by atoms with Crippen molar-refractivity contribution in [2.24, 2.45) is 5.10 Å². The molecule has 0 saturated carbocycles. The number of aryl methyl sites for hydroxylation is 1. The number of aromatic nitrogens is 1. The third kappa shape index (κ3) is 7.31. The Kier molecular flexibility index (Phi) is 9.52. The Bertz CT molecular complexity index is 1750. The van der Waals surface area contributed by atoms with Crippen LogP contribution in [0.2, 0.25) is 0 Å². The maximum absolute atomic E-state index is 12.8. The lowest BCUT2D eigenvalue weighted by Crippen LogP contribution is -2.20. The van der Waals surface area contributed by atoms with Crippen LogP contribution in [0.3, 0.4) is 0 Å². The van der Waals surface area contributed by atoms with E-state index < -0.39 is 0 Å². The summed E-state index contributed by atoms with van der Waals surface area (Å²) in [7, 11) is 1.52. The molecule has 0 aliphatic carbocycles.